The van der Waals surface area contributed by atoms with Gasteiger partial charge in [-0.3, -0.25) is 0 Å². The molecule has 1 rings (SSSR count). The van der Waals surface area contributed by atoms with Crippen LogP contribution in [-0.4, -0.2) is 25.1 Å². The number of hydrogen-bond acceptors (Lipinski definition) is 3. The zero-order chi connectivity index (χ0) is 11.5. The van der Waals surface area contributed by atoms with Gasteiger partial charge in [0.25, 0.3) is 0 Å². The van der Waals surface area contributed by atoms with Crippen LogP contribution in [0.5, 0.6) is 0 Å². The summed E-state index contributed by atoms with van der Waals surface area (Å²) < 4.78 is 35.6. The monoisotopic (exact) mass is 232 g/mol. The van der Waals surface area contributed by atoms with E-state index in [0.717, 1.165) is 6.92 Å². The summed E-state index contributed by atoms with van der Waals surface area (Å²) in [5, 5.41) is 8.79. The van der Waals surface area contributed by atoms with Crippen LogP contribution in [0.2, 0.25) is 0 Å². The molecule has 0 fully saturated rings. The Morgan fingerprint density at radius 2 is 1.87 bits per heavy atom. The van der Waals surface area contributed by atoms with E-state index in [4.69, 9.17) is 5.11 Å². The van der Waals surface area contributed by atoms with Gasteiger partial charge < -0.3 is 5.11 Å². The van der Waals surface area contributed by atoms with E-state index in [2.05, 4.69) is 0 Å². The van der Waals surface area contributed by atoms with E-state index in [1.807, 2.05) is 0 Å². The fraction of sp³-hybridized carbons (Fsp3) is 0.400. The second kappa shape index (κ2) is 4.28. The van der Waals surface area contributed by atoms with Crippen molar-refractivity contribution in [1.82, 2.24) is 0 Å². The van der Waals surface area contributed by atoms with Gasteiger partial charge in [-0.25, -0.2) is 12.8 Å². The number of hydrogen-bond donors (Lipinski definition) is 1. The molecule has 0 bridgehead atoms. The Morgan fingerprint density at radius 1 is 1.33 bits per heavy atom. The maximum Gasteiger partial charge on any atom is 0.218 e. The Morgan fingerprint density at radius 3 is 2.33 bits per heavy atom. The molecule has 1 N–H and O–H groups in total. The summed E-state index contributed by atoms with van der Waals surface area (Å²) in [5.41, 5.74) is 0.585. The second-order valence-electron chi connectivity index (χ2n) is 3.66. The first-order valence-electron chi connectivity index (χ1n) is 4.44. The topological polar surface area (TPSA) is 54.4 Å². The highest BCUT2D eigenvalue weighted by Crippen LogP contribution is 2.13. The maximum absolute atomic E-state index is 12.8. The molecule has 0 aromatic heterocycles. The van der Waals surface area contributed by atoms with Crippen LogP contribution in [0.3, 0.4) is 0 Å². The average molecular weight is 232 g/mol. The van der Waals surface area contributed by atoms with Crippen molar-refractivity contribution in [3.8, 4) is 0 Å². The van der Waals surface area contributed by atoms with Gasteiger partial charge in [0.15, 0.2) is 9.84 Å². The summed E-state index contributed by atoms with van der Waals surface area (Å²) in [6.45, 7) is 0.829. The minimum Gasteiger partial charge on any atom is -0.361 e. The fourth-order valence-corrected chi connectivity index (χ4v) is 2.89. The van der Waals surface area contributed by atoms with Crippen molar-refractivity contribution in [3.63, 3.8) is 0 Å². The molecule has 5 heteroatoms. The minimum absolute atomic E-state index is 0.256. The molecule has 0 radical (unpaired) electrons. The fourth-order valence-electron chi connectivity index (χ4n) is 1.28. The van der Waals surface area contributed by atoms with Crippen LogP contribution < -0.4 is 0 Å². The lowest BCUT2D eigenvalue weighted by Crippen LogP contribution is -2.29. The van der Waals surface area contributed by atoms with Crippen molar-refractivity contribution in [2.75, 3.05) is 5.75 Å². The molecule has 1 aromatic carbocycles. The van der Waals surface area contributed by atoms with E-state index in [-0.39, 0.29) is 5.75 Å². The summed E-state index contributed by atoms with van der Waals surface area (Å²) >= 11 is 0. The molecule has 15 heavy (non-hydrogen) atoms. The van der Waals surface area contributed by atoms with Crippen LogP contribution in [0.25, 0.3) is 0 Å². The van der Waals surface area contributed by atoms with Crippen LogP contribution in [0.15, 0.2) is 30.3 Å². The van der Waals surface area contributed by atoms with Crippen LogP contribution >= 0.6 is 0 Å². The van der Waals surface area contributed by atoms with Crippen LogP contribution in [0.1, 0.15) is 12.5 Å². The SMILES string of the molecule is CC(O)(F)CS(=O)(=O)Cc1ccccc1. The molecule has 1 unspecified atom stereocenters. The third kappa shape index (κ3) is 4.90. The van der Waals surface area contributed by atoms with E-state index in [1.54, 1.807) is 30.3 Å². The van der Waals surface area contributed by atoms with Crippen molar-refractivity contribution in [3.05, 3.63) is 35.9 Å². The van der Waals surface area contributed by atoms with Crippen molar-refractivity contribution in [2.24, 2.45) is 0 Å². The predicted molar refractivity (Wildman–Crippen MR) is 55.7 cm³/mol. The number of rotatable bonds is 4. The van der Waals surface area contributed by atoms with Crippen molar-refractivity contribution >= 4 is 9.84 Å². The largest absolute Gasteiger partial charge is 0.361 e. The minimum atomic E-state index is -3.62. The first-order chi connectivity index (χ1) is 6.79. The van der Waals surface area contributed by atoms with E-state index in [9.17, 15) is 12.8 Å². The van der Waals surface area contributed by atoms with E-state index in [1.165, 1.54) is 0 Å². The van der Waals surface area contributed by atoms with Gasteiger partial charge in [0.05, 0.1) is 5.75 Å². The normalized spacial score (nSPS) is 15.9. The first-order valence-corrected chi connectivity index (χ1v) is 6.26. The number of benzene rings is 1. The molecule has 0 heterocycles. The van der Waals surface area contributed by atoms with Gasteiger partial charge in [-0.15, -0.1) is 0 Å². The Kier molecular flexibility index (Phi) is 3.46. The Hall–Kier alpha value is -0.940. The molecule has 0 saturated carbocycles. The third-order valence-electron chi connectivity index (χ3n) is 1.71. The van der Waals surface area contributed by atoms with Crippen molar-refractivity contribution < 1.29 is 17.9 Å². The van der Waals surface area contributed by atoms with Gasteiger partial charge in [-0.2, -0.15) is 0 Å². The summed E-state index contributed by atoms with van der Waals surface area (Å²) in [5.74, 6) is -3.81. The lowest BCUT2D eigenvalue weighted by atomic mass is 10.2. The molecule has 1 aromatic rings. The Labute approximate surface area is 88.5 Å². The molecular weight excluding hydrogens is 219 g/mol. The smallest absolute Gasteiger partial charge is 0.218 e. The molecule has 84 valence electrons. The molecule has 0 amide bonds. The van der Waals surface area contributed by atoms with Crippen molar-refractivity contribution in [2.45, 2.75) is 18.5 Å². The van der Waals surface area contributed by atoms with Crippen LogP contribution in [-0.2, 0) is 15.6 Å². The molecule has 0 aliphatic rings. The lowest BCUT2D eigenvalue weighted by molar-refractivity contribution is -0.0480. The summed E-state index contributed by atoms with van der Waals surface area (Å²) in [4.78, 5) is 0. The quantitative estimate of drug-likeness (QED) is 0.850. The van der Waals surface area contributed by atoms with E-state index < -0.39 is 21.4 Å². The highest BCUT2D eigenvalue weighted by molar-refractivity contribution is 7.90. The Balaban J connectivity index is 2.74. The van der Waals surface area contributed by atoms with Gasteiger partial charge in [-0.05, 0) is 12.5 Å². The predicted octanol–water partition coefficient (Wildman–Crippen LogP) is 1.28. The molecule has 0 saturated heterocycles. The lowest BCUT2D eigenvalue weighted by Gasteiger charge is -2.12. The summed E-state index contributed by atoms with van der Waals surface area (Å²) in [7, 11) is -3.62. The van der Waals surface area contributed by atoms with Gasteiger partial charge in [0.2, 0.25) is 5.85 Å². The molecular formula is C10H13FO3S. The summed E-state index contributed by atoms with van der Waals surface area (Å²) in [6.07, 6.45) is 0. The average Bonchev–Trinajstić information content (AvgIpc) is 1.99. The highest BCUT2D eigenvalue weighted by atomic mass is 32.2. The number of halogens is 1. The zero-order valence-electron chi connectivity index (χ0n) is 8.35. The van der Waals surface area contributed by atoms with Crippen LogP contribution in [0, 0.1) is 0 Å². The van der Waals surface area contributed by atoms with Gasteiger partial charge >= 0.3 is 0 Å². The first kappa shape index (κ1) is 12.1. The molecule has 0 spiro atoms. The molecule has 1 atom stereocenters. The standard InChI is InChI=1S/C10H13FO3S/c1-10(11,12)8-15(13,14)7-9-5-3-2-4-6-9/h2-6,12H,7-8H2,1H3. The van der Waals surface area contributed by atoms with Gasteiger partial charge in [0, 0.05) is 0 Å². The van der Waals surface area contributed by atoms with E-state index >= 15 is 0 Å². The molecule has 3 nitrogen and oxygen atoms in total. The van der Waals surface area contributed by atoms with E-state index in [0.29, 0.717) is 5.56 Å². The number of aliphatic hydroxyl groups is 1. The number of alkyl halides is 1. The number of sulfone groups is 1. The third-order valence-corrected chi connectivity index (χ3v) is 3.45. The maximum atomic E-state index is 12.8. The van der Waals surface area contributed by atoms with Gasteiger partial charge in [-0.1, -0.05) is 30.3 Å². The van der Waals surface area contributed by atoms with Gasteiger partial charge in [0.1, 0.15) is 5.75 Å². The van der Waals surface area contributed by atoms with Crippen LogP contribution in [0.4, 0.5) is 4.39 Å². The second-order valence-corrected chi connectivity index (χ2v) is 5.72. The van der Waals surface area contributed by atoms with Crippen molar-refractivity contribution in [1.29, 1.82) is 0 Å². The molecule has 0 aliphatic carbocycles. The Bertz CT molecular complexity index is 406. The summed E-state index contributed by atoms with van der Waals surface area (Å²) in [6, 6.07) is 8.47. The highest BCUT2D eigenvalue weighted by Gasteiger charge is 2.27. The molecule has 0 aliphatic heterocycles. The zero-order valence-corrected chi connectivity index (χ0v) is 9.17.